The summed E-state index contributed by atoms with van der Waals surface area (Å²) >= 11 is 1.41. The molecule has 1 aromatic carbocycles. The van der Waals surface area contributed by atoms with E-state index >= 15 is 0 Å². The molecule has 0 saturated carbocycles. The van der Waals surface area contributed by atoms with Crippen LogP contribution in [0.3, 0.4) is 0 Å². The molecule has 2 heterocycles. The molecule has 0 atom stereocenters. The van der Waals surface area contributed by atoms with Crippen LogP contribution in [0.15, 0.2) is 64.6 Å². The number of benzene rings is 1. The minimum Gasteiger partial charge on any atom is -0.467 e. The SMILES string of the molecule is O=C(NCCCOCc1ccco1)c1ccc(CNC(=O)c2cccs2)cc1. The third kappa shape index (κ3) is 6.07. The number of nitrogens with one attached hydrogen (secondary N) is 2. The van der Waals surface area contributed by atoms with E-state index in [1.54, 1.807) is 24.5 Å². The van der Waals surface area contributed by atoms with Crippen molar-refractivity contribution in [1.29, 1.82) is 0 Å². The predicted molar refractivity (Wildman–Crippen MR) is 107 cm³/mol. The van der Waals surface area contributed by atoms with Crippen LogP contribution in [-0.4, -0.2) is 25.0 Å². The summed E-state index contributed by atoms with van der Waals surface area (Å²) in [5, 5.41) is 7.60. The van der Waals surface area contributed by atoms with Gasteiger partial charge in [-0.25, -0.2) is 0 Å². The first-order chi connectivity index (χ1) is 13.7. The lowest BCUT2D eigenvalue weighted by atomic mass is 10.1. The predicted octanol–water partition coefficient (Wildman–Crippen LogP) is 3.61. The lowest BCUT2D eigenvalue weighted by Crippen LogP contribution is -2.25. The van der Waals surface area contributed by atoms with Gasteiger partial charge >= 0.3 is 0 Å². The largest absolute Gasteiger partial charge is 0.467 e. The van der Waals surface area contributed by atoms with Crippen LogP contribution in [0.5, 0.6) is 0 Å². The van der Waals surface area contributed by atoms with Crippen molar-refractivity contribution in [3.05, 3.63) is 81.9 Å². The fourth-order valence-corrected chi connectivity index (χ4v) is 3.14. The molecule has 0 aliphatic heterocycles. The van der Waals surface area contributed by atoms with Gasteiger partial charge in [0.1, 0.15) is 12.4 Å². The Kier molecular flexibility index (Phi) is 7.40. The molecule has 0 unspecified atom stereocenters. The maximum absolute atomic E-state index is 12.2. The Hall–Kier alpha value is -2.90. The molecule has 0 aliphatic carbocycles. The van der Waals surface area contributed by atoms with Crippen LogP contribution >= 0.6 is 11.3 Å². The molecule has 0 saturated heterocycles. The van der Waals surface area contributed by atoms with Crippen molar-refractivity contribution < 1.29 is 18.7 Å². The molecule has 28 heavy (non-hydrogen) atoms. The molecular weight excluding hydrogens is 376 g/mol. The molecule has 0 fully saturated rings. The second-order valence-corrected chi connectivity index (χ2v) is 7.05. The fraction of sp³-hybridized carbons (Fsp3) is 0.238. The number of amides is 2. The maximum atomic E-state index is 12.2. The smallest absolute Gasteiger partial charge is 0.261 e. The number of thiophene rings is 1. The highest BCUT2D eigenvalue weighted by Crippen LogP contribution is 2.09. The molecule has 2 amide bonds. The highest BCUT2D eigenvalue weighted by molar-refractivity contribution is 7.12. The topological polar surface area (TPSA) is 80.6 Å². The third-order valence-electron chi connectivity index (χ3n) is 3.99. The highest BCUT2D eigenvalue weighted by Gasteiger charge is 2.07. The molecule has 2 aromatic heterocycles. The summed E-state index contributed by atoms with van der Waals surface area (Å²) in [4.78, 5) is 24.8. The molecular formula is C21H22N2O4S. The summed E-state index contributed by atoms with van der Waals surface area (Å²) in [6, 6.07) is 14.5. The van der Waals surface area contributed by atoms with Gasteiger partial charge in [0.05, 0.1) is 11.1 Å². The van der Waals surface area contributed by atoms with E-state index in [1.165, 1.54) is 11.3 Å². The lowest BCUT2D eigenvalue weighted by molar-refractivity contribution is 0.0915. The first kappa shape index (κ1) is 19.9. The van der Waals surface area contributed by atoms with E-state index in [4.69, 9.17) is 9.15 Å². The normalized spacial score (nSPS) is 10.6. The third-order valence-corrected chi connectivity index (χ3v) is 4.86. The minimum atomic E-state index is -0.125. The average Bonchev–Trinajstić information content (AvgIpc) is 3.43. The maximum Gasteiger partial charge on any atom is 0.261 e. The Balaban J connectivity index is 1.33. The zero-order valence-corrected chi connectivity index (χ0v) is 16.2. The second kappa shape index (κ2) is 10.4. The van der Waals surface area contributed by atoms with Gasteiger partial charge in [0, 0.05) is 25.3 Å². The quantitative estimate of drug-likeness (QED) is 0.511. The summed E-state index contributed by atoms with van der Waals surface area (Å²) in [7, 11) is 0. The van der Waals surface area contributed by atoms with Crippen molar-refractivity contribution in [2.75, 3.05) is 13.2 Å². The van der Waals surface area contributed by atoms with Gasteiger partial charge in [0.2, 0.25) is 0 Å². The van der Waals surface area contributed by atoms with Gasteiger partial charge in [0.15, 0.2) is 0 Å². The zero-order chi connectivity index (χ0) is 19.6. The van der Waals surface area contributed by atoms with Crippen molar-refractivity contribution in [2.45, 2.75) is 19.6 Å². The van der Waals surface area contributed by atoms with Gasteiger partial charge in [0.25, 0.3) is 11.8 Å². The fourth-order valence-electron chi connectivity index (χ4n) is 2.50. The number of carbonyl (C=O) groups is 2. The van der Waals surface area contributed by atoms with Gasteiger partial charge in [-0.2, -0.15) is 0 Å². The Morgan fingerprint density at radius 2 is 1.86 bits per heavy atom. The van der Waals surface area contributed by atoms with Gasteiger partial charge in [-0.1, -0.05) is 18.2 Å². The Morgan fingerprint density at radius 1 is 1.00 bits per heavy atom. The Labute approximate surface area is 167 Å². The van der Waals surface area contributed by atoms with Gasteiger partial charge < -0.3 is 19.8 Å². The molecule has 0 bridgehead atoms. The number of hydrogen-bond donors (Lipinski definition) is 2. The molecule has 2 N–H and O–H groups in total. The first-order valence-corrected chi connectivity index (χ1v) is 9.89. The number of furan rings is 1. The number of hydrogen-bond acceptors (Lipinski definition) is 5. The summed E-state index contributed by atoms with van der Waals surface area (Å²) in [5.41, 5.74) is 1.53. The monoisotopic (exact) mass is 398 g/mol. The van der Waals surface area contributed by atoms with E-state index in [9.17, 15) is 9.59 Å². The van der Waals surface area contributed by atoms with Gasteiger partial charge in [-0.05, 0) is 47.7 Å². The first-order valence-electron chi connectivity index (χ1n) is 9.01. The van der Waals surface area contributed by atoms with Gasteiger partial charge in [-0.3, -0.25) is 9.59 Å². The van der Waals surface area contributed by atoms with E-state index < -0.39 is 0 Å². The molecule has 7 heteroatoms. The number of ether oxygens (including phenoxy) is 1. The molecule has 0 aliphatic rings. The van der Waals surface area contributed by atoms with E-state index in [0.717, 1.165) is 17.7 Å². The van der Waals surface area contributed by atoms with E-state index in [2.05, 4.69) is 10.6 Å². The van der Waals surface area contributed by atoms with Crippen LogP contribution in [-0.2, 0) is 17.9 Å². The van der Waals surface area contributed by atoms with Crippen molar-refractivity contribution >= 4 is 23.2 Å². The Bertz CT molecular complexity index is 858. The Morgan fingerprint density at radius 3 is 2.57 bits per heavy atom. The van der Waals surface area contributed by atoms with Crippen molar-refractivity contribution in [2.24, 2.45) is 0 Å². The van der Waals surface area contributed by atoms with Crippen LogP contribution in [0.1, 0.15) is 37.8 Å². The molecule has 146 valence electrons. The van der Waals surface area contributed by atoms with Crippen LogP contribution in [0, 0.1) is 0 Å². The summed E-state index contributed by atoms with van der Waals surface area (Å²) < 4.78 is 10.7. The van der Waals surface area contributed by atoms with E-state index in [-0.39, 0.29) is 11.8 Å². The molecule has 0 radical (unpaired) electrons. The summed E-state index contributed by atoms with van der Waals surface area (Å²) in [6.07, 6.45) is 2.33. The molecule has 6 nitrogen and oxygen atoms in total. The second-order valence-electron chi connectivity index (χ2n) is 6.10. The van der Waals surface area contributed by atoms with Gasteiger partial charge in [-0.15, -0.1) is 11.3 Å². The van der Waals surface area contributed by atoms with Crippen LogP contribution in [0.2, 0.25) is 0 Å². The number of rotatable bonds is 10. The average molecular weight is 398 g/mol. The molecule has 3 aromatic rings. The highest BCUT2D eigenvalue weighted by atomic mass is 32.1. The van der Waals surface area contributed by atoms with Crippen LogP contribution in [0.4, 0.5) is 0 Å². The molecule has 3 rings (SSSR count). The summed E-state index contributed by atoms with van der Waals surface area (Å²) in [6.45, 7) is 1.94. The lowest BCUT2D eigenvalue weighted by Gasteiger charge is -2.07. The summed E-state index contributed by atoms with van der Waals surface area (Å²) in [5.74, 6) is 0.571. The van der Waals surface area contributed by atoms with E-state index in [0.29, 0.717) is 36.7 Å². The van der Waals surface area contributed by atoms with Crippen molar-refractivity contribution in [3.8, 4) is 0 Å². The van der Waals surface area contributed by atoms with Crippen LogP contribution in [0.25, 0.3) is 0 Å². The van der Waals surface area contributed by atoms with E-state index in [1.807, 2.05) is 35.7 Å². The van der Waals surface area contributed by atoms with Crippen LogP contribution < -0.4 is 10.6 Å². The minimum absolute atomic E-state index is 0.0916. The van der Waals surface area contributed by atoms with Crippen molar-refractivity contribution in [3.63, 3.8) is 0 Å². The standard InChI is InChI=1S/C21H22N2O4S/c24-20(22-10-3-11-26-15-18-4-1-12-27-18)17-8-6-16(7-9-17)14-23-21(25)19-5-2-13-28-19/h1-2,4-9,12-13H,3,10-11,14-15H2,(H,22,24)(H,23,25). The zero-order valence-electron chi connectivity index (χ0n) is 15.4. The molecule has 0 spiro atoms. The van der Waals surface area contributed by atoms with Crippen molar-refractivity contribution in [1.82, 2.24) is 10.6 Å². The number of carbonyl (C=O) groups excluding carboxylic acids is 2.